The Kier molecular flexibility index (Phi) is 7.13. The van der Waals surface area contributed by atoms with Gasteiger partial charge < -0.3 is 14.5 Å². The van der Waals surface area contributed by atoms with Gasteiger partial charge in [0.1, 0.15) is 41.2 Å². The number of fused-ring (bicyclic) bond motifs is 7. The minimum absolute atomic E-state index is 0.00498. The van der Waals surface area contributed by atoms with Gasteiger partial charge >= 0.3 is 0 Å². The van der Waals surface area contributed by atoms with E-state index in [1.165, 1.54) is 16.0 Å². The zero-order valence-electron chi connectivity index (χ0n) is 29.3. The molecule has 0 radical (unpaired) electrons. The Hall–Kier alpha value is -6.69. The van der Waals surface area contributed by atoms with Crippen LogP contribution in [-0.2, 0) is 0 Å². The van der Waals surface area contributed by atoms with Crippen LogP contribution >= 0.6 is 0 Å². The van der Waals surface area contributed by atoms with Gasteiger partial charge in [0.15, 0.2) is 0 Å². The van der Waals surface area contributed by atoms with Gasteiger partial charge in [-0.05, 0) is 57.0 Å². The van der Waals surface area contributed by atoms with Crippen molar-refractivity contribution in [1.29, 1.82) is 0 Å². The summed E-state index contributed by atoms with van der Waals surface area (Å²) in [4.78, 5) is 5.19. The molecule has 0 bridgehead atoms. The van der Waals surface area contributed by atoms with Crippen LogP contribution in [0.25, 0.3) is 56.3 Å². The van der Waals surface area contributed by atoms with Crippen LogP contribution in [0.15, 0.2) is 173 Å². The molecule has 1 aliphatic carbocycles. The Balaban J connectivity index is 0.984. The normalized spacial score (nSPS) is 19.7. The first-order chi connectivity index (χ1) is 26.7. The summed E-state index contributed by atoms with van der Waals surface area (Å²) >= 11 is 0. The molecule has 4 atom stereocenters. The Morgan fingerprint density at radius 3 is 1.91 bits per heavy atom. The number of rotatable bonds is 5. The van der Waals surface area contributed by atoms with Crippen molar-refractivity contribution >= 4 is 39.9 Å². The van der Waals surface area contributed by atoms with Gasteiger partial charge in [-0.15, -0.1) is 0 Å². The maximum absolute atomic E-state index is 6.93. The highest BCUT2D eigenvalue weighted by atomic mass is 16.5. The molecule has 0 saturated carbocycles. The van der Waals surface area contributed by atoms with E-state index in [2.05, 4.69) is 174 Å². The number of hydrogen-bond donors (Lipinski definition) is 2. The number of aliphatic imine (C=N–C) groups is 1. The second-order valence-corrected chi connectivity index (χ2v) is 14.3. The summed E-state index contributed by atoms with van der Waals surface area (Å²) in [7, 11) is 0. The van der Waals surface area contributed by atoms with E-state index in [1.807, 2.05) is 12.1 Å². The van der Waals surface area contributed by atoms with Crippen LogP contribution in [0, 0.1) is 0 Å². The van der Waals surface area contributed by atoms with E-state index >= 15 is 0 Å². The number of ether oxygens (including phenoxy) is 1. The lowest BCUT2D eigenvalue weighted by Crippen LogP contribution is -2.44. The molecule has 4 unspecified atom stereocenters. The second kappa shape index (κ2) is 12.5. The molecule has 0 spiro atoms. The molecule has 0 fully saturated rings. The van der Waals surface area contributed by atoms with Crippen molar-refractivity contribution in [1.82, 2.24) is 10.6 Å². The summed E-state index contributed by atoms with van der Waals surface area (Å²) in [6.45, 7) is 0. The fraction of sp³-hybridized carbons (Fsp3) is 0.0816. The smallest absolute Gasteiger partial charge is 0.143 e. The molecule has 258 valence electrons. The third kappa shape index (κ3) is 5.16. The van der Waals surface area contributed by atoms with Gasteiger partial charge in [-0.2, -0.15) is 0 Å². The summed E-state index contributed by atoms with van der Waals surface area (Å²) in [5, 5.41) is 12.1. The van der Waals surface area contributed by atoms with Crippen molar-refractivity contribution in [2.24, 2.45) is 4.99 Å². The first kappa shape index (κ1) is 30.9. The third-order valence-corrected chi connectivity index (χ3v) is 11.1. The van der Waals surface area contributed by atoms with Crippen molar-refractivity contribution in [2.75, 3.05) is 0 Å². The first-order valence-corrected chi connectivity index (χ1v) is 18.6. The third-order valence-electron chi connectivity index (χ3n) is 11.1. The van der Waals surface area contributed by atoms with E-state index in [1.54, 1.807) is 0 Å². The lowest BCUT2D eigenvalue weighted by atomic mass is 9.88. The van der Waals surface area contributed by atoms with E-state index in [9.17, 15) is 0 Å². The Morgan fingerprint density at radius 1 is 0.519 bits per heavy atom. The molecule has 54 heavy (non-hydrogen) atoms. The molecular formula is C49H35N3O2. The molecule has 7 aromatic carbocycles. The van der Waals surface area contributed by atoms with Gasteiger partial charge in [0, 0.05) is 38.9 Å². The molecule has 3 aliphatic rings. The van der Waals surface area contributed by atoms with Gasteiger partial charge in [0.05, 0.1) is 0 Å². The van der Waals surface area contributed by atoms with Crippen LogP contribution in [0.2, 0.25) is 0 Å². The van der Waals surface area contributed by atoms with Crippen LogP contribution in [0.3, 0.4) is 0 Å². The molecule has 2 N–H and O–H groups in total. The van der Waals surface area contributed by atoms with E-state index in [0.717, 1.165) is 72.5 Å². The van der Waals surface area contributed by atoms with Gasteiger partial charge in [0.25, 0.3) is 0 Å². The second-order valence-electron chi connectivity index (χ2n) is 14.3. The summed E-state index contributed by atoms with van der Waals surface area (Å²) < 4.78 is 13.4. The van der Waals surface area contributed by atoms with Gasteiger partial charge in [-0.25, -0.2) is 4.99 Å². The average Bonchev–Trinajstić information content (AvgIpc) is 3.81. The van der Waals surface area contributed by atoms with Crippen LogP contribution < -0.4 is 25.8 Å². The van der Waals surface area contributed by atoms with Gasteiger partial charge in [-0.1, -0.05) is 152 Å². The molecule has 1 aromatic heterocycles. The molecule has 8 aromatic rings. The SMILES string of the molecule is C1=c2ccccc2=CC2c3cc(-c4cccc5c4oc4c(-c6cccc(C7N=C(c8ccccc8)NC(c8ccccc8)N7)c6)cccc45)ccc3OC12. The quantitative estimate of drug-likeness (QED) is 0.188. The molecule has 0 saturated heterocycles. The predicted octanol–water partition coefficient (Wildman–Crippen LogP) is 9.38. The predicted molar refractivity (Wildman–Crippen MR) is 218 cm³/mol. The van der Waals surface area contributed by atoms with Crippen molar-refractivity contribution in [2.45, 2.75) is 24.4 Å². The van der Waals surface area contributed by atoms with Crippen LogP contribution in [-0.4, -0.2) is 11.9 Å². The number of para-hydroxylation sites is 2. The first-order valence-electron chi connectivity index (χ1n) is 18.6. The lowest BCUT2D eigenvalue weighted by molar-refractivity contribution is 0.288. The topological polar surface area (TPSA) is 58.8 Å². The maximum Gasteiger partial charge on any atom is 0.143 e. The number of amidine groups is 1. The fourth-order valence-corrected chi connectivity index (χ4v) is 8.43. The van der Waals surface area contributed by atoms with E-state index in [-0.39, 0.29) is 24.4 Å². The van der Waals surface area contributed by atoms with E-state index in [0.29, 0.717) is 0 Å². The average molecular weight is 698 g/mol. The summed E-state index contributed by atoms with van der Waals surface area (Å²) in [6, 6.07) is 57.5. The van der Waals surface area contributed by atoms with Crippen LogP contribution in [0.1, 0.15) is 40.5 Å². The van der Waals surface area contributed by atoms with Gasteiger partial charge in [0.2, 0.25) is 0 Å². The standard InChI is InChI=1S/C49H35N3O2/c1-3-12-30(13-4-1)47-50-48(31-14-5-2-6-15-31)52-49(51-47)36-19-9-18-34(26-36)37-20-10-22-39-40-23-11-21-38(46(40)54-45(37)39)35-24-25-43-41(28-35)42-27-32-16-7-8-17-33(32)29-44(42)53-43/h1-29,42,44,47,49,51H,(H,50,52). The van der Waals surface area contributed by atoms with E-state index in [4.69, 9.17) is 14.1 Å². The largest absolute Gasteiger partial charge is 0.485 e. The zero-order chi connectivity index (χ0) is 35.6. The minimum atomic E-state index is -0.260. The summed E-state index contributed by atoms with van der Waals surface area (Å²) in [5.41, 5.74) is 10.6. The number of nitrogens with one attached hydrogen (secondary N) is 2. The Morgan fingerprint density at radius 2 is 1.15 bits per heavy atom. The fourth-order valence-electron chi connectivity index (χ4n) is 8.43. The van der Waals surface area contributed by atoms with Crippen molar-refractivity contribution < 1.29 is 9.15 Å². The van der Waals surface area contributed by atoms with Crippen LogP contribution in [0.4, 0.5) is 0 Å². The molecule has 0 amide bonds. The van der Waals surface area contributed by atoms with Crippen molar-refractivity contribution in [3.05, 3.63) is 196 Å². The van der Waals surface area contributed by atoms with Crippen molar-refractivity contribution in [3.8, 4) is 28.0 Å². The minimum Gasteiger partial charge on any atom is -0.485 e. The molecule has 5 nitrogen and oxygen atoms in total. The Bertz CT molecular complexity index is 2900. The van der Waals surface area contributed by atoms with Crippen molar-refractivity contribution in [3.63, 3.8) is 0 Å². The number of furan rings is 1. The Labute approximate surface area is 312 Å². The molecule has 3 heterocycles. The lowest BCUT2D eigenvalue weighted by Gasteiger charge is -2.32. The number of nitrogens with zero attached hydrogens (tertiary/aromatic N) is 1. The van der Waals surface area contributed by atoms with Crippen LogP contribution in [0.5, 0.6) is 5.75 Å². The molecule has 11 rings (SSSR count). The molecule has 2 aliphatic heterocycles. The summed E-state index contributed by atoms with van der Waals surface area (Å²) in [5.74, 6) is 1.99. The number of hydrogen-bond acceptors (Lipinski definition) is 5. The monoisotopic (exact) mass is 697 g/mol. The zero-order valence-corrected chi connectivity index (χ0v) is 29.3. The van der Waals surface area contributed by atoms with E-state index < -0.39 is 0 Å². The highest BCUT2D eigenvalue weighted by Gasteiger charge is 2.33. The molecule has 5 heteroatoms. The highest BCUT2D eigenvalue weighted by Crippen LogP contribution is 2.45. The maximum atomic E-state index is 6.93. The summed E-state index contributed by atoms with van der Waals surface area (Å²) in [6.07, 6.45) is 4.25. The highest BCUT2D eigenvalue weighted by molar-refractivity contribution is 6.13. The molecular weight excluding hydrogens is 663 g/mol. The number of benzene rings is 7. The van der Waals surface area contributed by atoms with Gasteiger partial charge in [-0.3, -0.25) is 5.32 Å².